The average Bonchev–Trinajstić information content (AvgIpc) is 2.78. The Bertz CT molecular complexity index is 497. The van der Waals surface area contributed by atoms with Crippen molar-refractivity contribution in [2.75, 3.05) is 19.0 Å². The van der Waals surface area contributed by atoms with Crippen molar-refractivity contribution >= 4 is 28.2 Å². The molecule has 2 aromatic rings. The normalized spacial score (nSPS) is 10.5. The summed E-state index contributed by atoms with van der Waals surface area (Å²) < 4.78 is 0.919. The Kier molecular flexibility index (Phi) is 3.93. The SMILES string of the molecule is CN(C)c1nnc(Sc2ccnc(CN)c2)s1. The maximum atomic E-state index is 5.55. The van der Waals surface area contributed by atoms with Gasteiger partial charge in [0, 0.05) is 31.7 Å². The van der Waals surface area contributed by atoms with Crippen molar-refractivity contribution in [2.45, 2.75) is 15.8 Å². The third-order valence-corrected chi connectivity index (χ3v) is 4.11. The van der Waals surface area contributed by atoms with E-state index in [1.165, 1.54) is 0 Å². The molecule has 0 aliphatic heterocycles. The molecule has 5 nitrogen and oxygen atoms in total. The second-order valence-electron chi connectivity index (χ2n) is 3.53. The Hall–Kier alpha value is -1.18. The van der Waals surface area contributed by atoms with Crippen LogP contribution < -0.4 is 10.6 Å². The number of pyridine rings is 1. The van der Waals surface area contributed by atoms with Gasteiger partial charge >= 0.3 is 0 Å². The lowest BCUT2D eigenvalue weighted by Crippen LogP contribution is -2.07. The Balaban J connectivity index is 2.13. The summed E-state index contributed by atoms with van der Waals surface area (Å²) in [4.78, 5) is 7.18. The monoisotopic (exact) mass is 267 g/mol. The molecule has 0 aliphatic carbocycles. The maximum absolute atomic E-state index is 5.55. The van der Waals surface area contributed by atoms with Crippen molar-refractivity contribution in [1.29, 1.82) is 0 Å². The Labute approximate surface area is 108 Å². The van der Waals surface area contributed by atoms with E-state index >= 15 is 0 Å². The molecule has 90 valence electrons. The molecule has 0 fully saturated rings. The van der Waals surface area contributed by atoms with Gasteiger partial charge in [-0.25, -0.2) is 0 Å². The minimum atomic E-state index is 0.452. The van der Waals surface area contributed by atoms with Crippen LogP contribution in [-0.4, -0.2) is 29.3 Å². The molecule has 0 unspecified atom stereocenters. The van der Waals surface area contributed by atoms with Crippen LogP contribution in [0, 0.1) is 0 Å². The average molecular weight is 267 g/mol. The number of rotatable bonds is 4. The lowest BCUT2D eigenvalue weighted by atomic mass is 10.3. The fraction of sp³-hybridized carbons (Fsp3) is 0.300. The molecule has 2 rings (SSSR count). The van der Waals surface area contributed by atoms with Gasteiger partial charge in [0.1, 0.15) is 0 Å². The van der Waals surface area contributed by atoms with E-state index in [9.17, 15) is 0 Å². The molecule has 0 radical (unpaired) electrons. The minimum absolute atomic E-state index is 0.452. The van der Waals surface area contributed by atoms with Gasteiger partial charge in [0.2, 0.25) is 5.13 Å². The summed E-state index contributed by atoms with van der Waals surface area (Å²) in [5, 5.41) is 9.12. The summed E-state index contributed by atoms with van der Waals surface area (Å²) in [6.07, 6.45) is 1.76. The van der Waals surface area contributed by atoms with Gasteiger partial charge in [0.05, 0.1) is 5.69 Å². The first-order valence-electron chi connectivity index (χ1n) is 5.02. The number of hydrogen-bond acceptors (Lipinski definition) is 7. The topological polar surface area (TPSA) is 67.9 Å². The van der Waals surface area contributed by atoms with E-state index in [1.54, 1.807) is 29.3 Å². The van der Waals surface area contributed by atoms with E-state index in [4.69, 9.17) is 5.73 Å². The zero-order valence-electron chi connectivity index (χ0n) is 9.62. The van der Waals surface area contributed by atoms with Crippen LogP contribution in [0.2, 0.25) is 0 Å². The highest BCUT2D eigenvalue weighted by Gasteiger charge is 2.07. The van der Waals surface area contributed by atoms with Gasteiger partial charge in [-0.15, -0.1) is 10.2 Å². The van der Waals surface area contributed by atoms with Gasteiger partial charge in [-0.2, -0.15) is 0 Å². The van der Waals surface area contributed by atoms with Crippen LogP contribution in [0.5, 0.6) is 0 Å². The molecule has 0 aromatic carbocycles. The zero-order valence-corrected chi connectivity index (χ0v) is 11.3. The van der Waals surface area contributed by atoms with Crippen LogP contribution >= 0.6 is 23.1 Å². The quantitative estimate of drug-likeness (QED) is 0.907. The van der Waals surface area contributed by atoms with Crippen LogP contribution in [-0.2, 0) is 6.54 Å². The molecular formula is C10H13N5S2. The standard InChI is InChI=1S/C10H13N5S2/c1-15(2)9-13-14-10(17-9)16-8-3-4-12-7(5-8)6-11/h3-5H,6,11H2,1-2H3. The molecule has 0 aliphatic rings. The highest BCUT2D eigenvalue weighted by Crippen LogP contribution is 2.32. The van der Waals surface area contributed by atoms with Crippen molar-refractivity contribution in [3.05, 3.63) is 24.0 Å². The Morgan fingerprint density at radius 1 is 1.41 bits per heavy atom. The van der Waals surface area contributed by atoms with Gasteiger partial charge in [-0.05, 0) is 12.1 Å². The summed E-state index contributed by atoms with van der Waals surface area (Å²) in [6, 6.07) is 3.92. The summed E-state index contributed by atoms with van der Waals surface area (Å²) in [7, 11) is 3.90. The van der Waals surface area contributed by atoms with Gasteiger partial charge in [-0.1, -0.05) is 23.1 Å². The van der Waals surface area contributed by atoms with E-state index in [2.05, 4.69) is 15.2 Å². The molecule has 0 bridgehead atoms. The highest BCUT2D eigenvalue weighted by atomic mass is 32.2. The maximum Gasteiger partial charge on any atom is 0.208 e. The first-order chi connectivity index (χ1) is 8.19. The third-order valence-electron chi connectivity index (χ3n) is 1.98. The smallest absolute Gasteiger partial charge is 0.208 e. The van der Waals surface area contributed by atoms with Crippen molar-refractivity contribution < 1.29 is 0 Å². The largest absolute Gasteiger partial charge is 0.353 e. The number of hydrogen-bond donors (Lipinski definition) is 1. The molecule has 0 atom stereocenters. The molecule has 0 saturated heterocycles. The van der Waals surface area contributed by atoms with Crippen molar-refractivity contribution in [3.63, 3.8) is 0 Å². The van der Waals surface area contributed by atoms with E-state index in [0.29, 0.717) is 6.54 Å². The first kappa shape index (κ1) is 12.3. The molecule has 0 saturated carbocycles. The molecule has 0 spiro atoms. The number of nitrogens with zero attached hydrogens (tertiary/aromatic N) is 4. The lowest BCUT2D eigenvalue weighted by Gasteiger charge is -2.03. The van der Waals surface area contributed by atoms with E-state index in [-0.39, 0.29) is 0 Å². The fourth-order valence-electron chi connectivity index (χ4n) is 1.16. The zero-order chi connectivity index (χ0) is 12.3. The number of anilines is 1. The van der Waals surface area contributed by atoms with E-state index < -0.39 is 0 Å². The first-order valence-corrected chi connectivity index (χ1v) is 6.66. The molecule has 17 heavy (non-hydrogen) atoms. The van der Waals surface area contributed by atoms with Crippen molar-refractivity contribution in [3.8, 4) is 0 Å². The molecule has 2 heterocycles. The van der Waals surface area contributed by atoms with Crippen LogP contribution in [0.15, 0.2) is 27.6 Å². The van der Waals surface area contributed by atoms with Gasteiger partial charge in [0.25, 0.3) is 0 Å². The van der Waals surface area contributed by atoms with Gasteiger partial charge in [0.15, 0.2) is 4.34 Å². The fourth-order valence-corrected chi connectivity index (χ4v) is 2.94. The van der Waals surface area contributed by atoms with Crippen LogP contribution in [0.3, 0.4) is 0 Å². The second-order valence-corrected chi connectivity index (χ2v) is 5.81. The van der Waals surface area contributed by atoms with Crippen LogP contribution in [0.1, 0.15) is 5.69 Å². The summed E-state index contributed by atoms with van der Waals surface area (Å²) >= 11 is 3.14. The molecule has 7 heteroatoms. The van der Waals surface area contributed by atoms with Crippen molar-refractivity contribution in [1.82, 2.24) is 15.2 Å². The molecular weight excluding hydrogens is 254 g/mol. The van der Waals surface area contributed by atoms with Crippen molar-refractivity contribution in [2.24, 2.45) is 5.73 Å². The molecule has 2 aromatic heterocycles. The van der Waals surface area contributed by atoms with Crippen LogP contribution in [0.25, 0.3) is 0 Å². The Morgan fingerprint density at radius 2 is 2.24 bits per heavy atom. The minimum Gasteiger partial charge on any atom is -0.353 e. The summed E-state index contributed by atoms with van der Waals surface area (Å²) in [5.74, 6) is 0. The highest BCUT2D eigenvalue weighted by molar-refractivity contribution is 8.01. The van der Waals surface area contributed by atoms with Gasteiger partial charge in [-0.3, -0.25) is 4.98 Å². The summed E-state index contributed by atoms with van der Waals surface area (Å²) in [5.41, 5.74) is 6.43. The predicted molar refractivity (Wildman–Crippen MR) is 70.5 cm³/mol. The number of nitrogens with two attached hydrogens (primary N) is 1. The van der Waals surface area contributed by atoms with E-state index in [1.807, 2.05) is 31.1 Å². The predicted octanol–water partition coefficient (Wildman–Crippen LogP) is 1.61. The van der Waals surface area contributed by atoms with Gasteiger partial charge < -0.3 is 10.6 Å². The van der Waals surface area contributed by atoms with Crippen LogP contribution in [0.4, 0.5) is 5.13 Å². The Morgan fingerprint density at radius 3 is 2.88 bits per heavy atom. The summed E-state index contributed by atoms with van der Waals surface area (Å²) in [6.45, 7) is 0.452. The molecule has 0 amide bonds. The second kappa shape index (κ2) is 5.44. The lowest BCUT2D eigenvalue weighted by molar-refractivity contribution is 0.966. The molecule has 2 N–H and O–H groups in total. The third kappa shape index (κ3) is 3.15. The number of aromatic nitrogens is 3. The van der Waals surface area contributed by atoms with E-state index in [0.717, 1.165) is 20.1 Å².